The summed E-state index contributed by atoms with van der Waals surface area (Å²) in [5.74, 6) is 0.570. The zero-order valence-electron chi connectivity index (χ0n) is 13.0. The molecule has 2 aromatic rings. The Morgan fingerprint density at radius 2 is 1.59 bits per heavy atom. The van der Waals surface area contributed by atoms with Gasteiger partial charge >= 0.3 is 0 Å². The number of hydrogen-bond donors (Lipinski definition) is 0. The van der Waals surface area contributed by atoms with Gasteiger partial charge in [-0.2, -0.15) is 0 Å². The van der Waals surface area contributed by atoms with Crippen molar-refractivity contribution >= 4 is 11.6 Å². The molecule has 1 fully saturated rings. The Bertz CT molecular complexity index is 558. The first-order valence-corrected chi connectivity index (χ1v) is 8.71. The molecule has 0 radical (unpaired) electrons. The molecule has 1 aliphatic heterocycles. The average Bonchev–Trinajstić information content (AvgIpc) is 3.07. The van der Waals surface area contributed by atoms with E-state index in [9.17, 15) is 0 Å². The molecule has 1 aliphatic rings. The van der Waals surface area contributed by atoms with Crippen molar-refractivity contribution in [3.63, 3.8) is 0 Å². The maximum Gasteiger partial charge on any atom is 0.0406 e. The number of likely N-dealkylation sites (tertiary alicyclic amines) is 1. The second-order valence-electron chi connectivity index (χ2n) is 6.28. The molecule has 0 aliphatic carbocycles. The Labute approximate surface area is 138 Å². The first-order chi connectivity index (χ1) is 10.8. The fraction of sp³-hybridized carbons (Fsp3) is 0.400. The van der Waals surface area contributed by atoms with E-state index < -0.39 is 0 Å². The van der Waals surface area contributed by atoms with Crippen molar-refractivity contribution in [1.82, 2.24) is 4.90 Å². The summed E-state index contributed by atoms with van der Waals surface area (Å²) in [6, 6.07) is 19.3. The van der Waals surface area contributed by atoms with Gasteiger partial charge in [0.25, 0.3) is 0 Å². The van der Waals surface area contributed by atoms with Gasteiger partial charge in [-0.15, -0.1) is 0 Å². The van der Waals surface area contributed by atoms with Crippen LogP contribution in [0.1, 0.15) is 36.3 Å². The topological polar surface area (TPSA) is 3.24 Å². The normalized spacial score (nSPS) is 16.8. The highest BCUT2D eigenvalue weighted by Gasteiger charge is 2.17. The van der Waals surface area contributed by atoms with Gasteiger partial charge in [-0.1, -0.05) is 54.1 Å². The molecule has 2 heteroatoms. The van der Waals surface area contributed by atoms with Crippen molar-refractivity contribution in [3.05, 3.63) is 70.7 Å². The quantitative estimate of drug-likeness (QED) is 0.712. The molecular weight excluding hydrogens is 290 g/mol. The van der Waals surface area contributed by atoms with Gasteiger partial charge < -0.3 is 4.90 Å². The predicted molar refractivity (Wildman–Crippen MR) is 94.6 cm³/mol. The number of halogens is 1. The van der Waals surface area contributed by atoms with Crippen LogP contribution in [0, 0.1) is 0 Å². The van der Waals surface area contributed by atoms with Crippen LogP contribution in [0.5, 0.6) is 0 Å². The van der Waals surface area contributed by atoms with Crippen LogP contribution >= 0.6 is 11.6 Å². The second kappa shape index (κ2) is 7.80. The Balaban J connectivity index is 1.70. The predicted octanol–water partition coefficient (Wildman–Crippen LogP) is 5.15. The molecule has 0 N–H and O–H groups in total. The molecule has 0 unspecified atom stereocenters. The molecule has 1 heterocycles. The smallest absolute Gasteiger partial charge is 0.0406 e. The van der Waals surface area contributed by atoms with Gasteiger partial charge in [0.05, 0.1) is 0 Å². The third-order valence-corrected chi connectivity index (χ3v) is 4.91. The van der Waals surface area contributed by atoms with Crippen molar-refractivity contribution < 1.29 is 0 Å². The van der Waals surface area contributed by atoms with Crippen LogP contribution in [-0.2, 0) is 6.42 Å². The summed E-state index contributed by atoms with van der Waals surface area (Å²) < 4.78 is 0. The molecule has 1 atom stereocenters. The third-order valence-electron chi connectivity index (χ3n) is 4.66. The summed E-state index contributed by atoms with van der Waals surface area (Å²) in [6.07, 6.45) is 5.06. The Morgan fingerprint density at radius 1 is 0.909 bits per heavy atom. The molecule has 0 spiro atoms. The summed E-state index contributed by atoms with van der Waals surface area (Å²) in [4.78, 5) is 2.61. The van der Waals surface area contributed by atoms with E-state index in [-0.39, 0.29) is 0 Å². The summed E-state index contributed by atoms with van der Waals surface area (Å²) in [5.41, 5.74) is 2.83. The molecule has 0 saturated carbocycles. The van der Waals surface area contributed by atoms with Gasteiger partial charge in [-0.3, -0.25) is 0 Å². The first-order valence-electron chi connectivity index (χ1n) is 8.33. The molecule has 1 nitrogen and oxygen atoms in total. The van der Waals surface area contributed by atoms with Crippen molar-refractivity contribution in [2.45, 2.75) is 31.6 Å². The zero-order chi connectivity index (χ0) is 15.2. The number of benzene rings is 2. The van der Waals surface area contributed by atoms with Crippen LogP contribution in [0.3, 0.4) is 0 Å². The summed E-state index contributed by atoms with van der Waals surface area (Å²) in [6.45, 7) is 3.76. The van der Waals surface area contributed by atoms with E-state index >= 15 is 0 Å². The maximum atomic E-state index is 6.05. The van der Waals surface area contributed by atoms with Gasteiger partial charge in [0.15, 0.2) is 0 Å². The van der Waals surface area contributed by atoms with Crippen LogP contribution in [0.4, 0.5) is 0 Å². The van der Waals surface area contributed by atoms with Crippen LogP contribution < -0.4 is 0 Å². The minimum Gasteiger partial charge on any atom is -0.303 e. The highest BCUT2D eigenvalue weighted by Crippen LogP contribution is 2.26. The molecule has 2 aromatic carbocycles. The molecule has 0 amide bonds. The fourth-order valence-corrected chi connectivity index (χ4v) is 3.49. The zero-order valence-corrected chi connectivity index (χ0v) is 13.8. The minimum absolute atomic E-state index is 0.570. The fourth-order valence-electron chi connectivity index (χ4n) is 3.36. The highest BCUT2D eigenvalue weighted by atomic mass is 35.5. The highest BCUT2D eigenvalue weighted by molar-refractivity contribution is 6.30. The van der Waals surface area contributed by atoms with E-state index in [0.717, 1.165) is 11.4 Å². The van der Waals surface area contributed by atoms with Gasteiger partial charge in [0.1, 0.15) is 0 Å². The van der Waals surface area contributed by atoms with Crippen LogP contribution in [-0.4, -0.2) is 24.5 Å². The standard InChI is InChI=1S/C20H24ClN/c21-20-10-8-18(9-11-20)19(12-15-22-13-4-5-14-22)16-17-6-2-1-3-7-17/h1-3,6-11,19H,4-5,12-16H2/t19-/m0/s1. The summed E-state index contributed by atoms with van der Waals surface area (Å²) >= 11 is 6.05. The molecule has 0 aromatic heterocycles. The van der Waals surface area contributed by atoms with E-state index in [2.05, 4.69) is 47.4 Å². The lowest BCUT2D eigenvalue weighted by molar-refractivity contribution is 0.321. The Kier molecular flexibility index (Phi) is 5.53. The number of hydrogen-bond acceptors (Lipinski definition) is 1. The van der Waals surface area contributed by atoms with Gasteiger partial charge in [-0.05, 0) is 74.5 Å². The molecule has 1 saturated heterocycles. The monoisotopic (exact) mass is 313 g/mol. The van der Waals surface area contributed by atoms with E-state index in [1.54, 1.807) is 0 Å². The van der Waals surface area contributed by atoms with Crippen LogP contribution in [0.25, 0.3) is 0 Å². The Morgan fingerprint density at radius 3 is 2.27 bits per heavy atom. The van der Waals surface area contributed by atoms with Gasteiger partial charge in [0, 0.05) is 5.02 Å². The van der Waals surface area contributed by atoms with Crippen LogP contribution in [0.15, 0.2) is 54.6 Å². The van der Waals surface area contributed by atoms with Crippen molar-refractivity contribution in [3.8, 4) is 0 Å². The van der Waals surface area contributed by atoms with E-state index in [1.807, 2.05) is 12.1 Å². The molecule has 3 rings (SSSR count). The first kappa shape index (κ1) is 15.6. The number of nitrogens with zero attached hydrogens (tertiary/aromatic N) is 1. The second-order valence-corrected chi connectivity index (χ2v) is 6.71. The summed E-state index contributed by atoms with van der Waals surface area (Å²) in [5, 5.41) is 0.821. The molecule has 0 bridgehead atoms. The third kappa shape index (κ3) is 4.34. The lowest BCUT2D eigenvalue weighted by Gasteiger charge is -2.22. The summed E-state index contributed by atoms with van der Waals surface area (Å²) in [7, 11) is 0. The van der Waals surface area contributed by atoms with E-state index in [1.165, 1.54) is 50.0 Å². The lowest BCUT2D eigenvalue weighted by Crippen LogP contribution is -2.22. The molecule has 22 heavy (non-hydrogen) atoms. The van der Waals surface area contributed by atoms with Crippen molar-refractivity contribution in [1.29, 1.82) is 0 Å². The maximum absolute atomic E-state index is 6.05. The molecular formula is C20H24ClN. The van der Waals surface area contributed by atoms with E-state index in [0.29, 0.717) is 5.92 Å². The number of rotatable bonds is 6. The van der Waals surface area contributed by atoms with E-state index in [4.69, 9.17) is 11.6 Å². The minimum atomic E-state index is 0.570. The van der Waals surface area contributed by atoms with Gasteiger partial charge in [0.2, 0.25) is 0 Å². The van der Waals surface area contributed by atoms with Crippen LogP contribution in [0.2, 0.25) is 5.02 Å². The van der Waals surface area contributed by atoms with Gasteiger partial charge in [-0.25, -0.2) is 0 Å². The van der Waals surface area contributed by atoms with Crippen molar-refractivity contribution in [2.24, 2.45) is 0 Å². The lowest BCUT2D eigenvalue weighted by atomic mass is 9.89. The Hall–Kier alpha value is -1.31. The molecule has 116 valence electrons. The SMILES string of the molecule is Clc1ccc([C@@H](CCN2CCCC2)Cc2ccccc2)cc1. The largest absolute Gasteiger partial charge is 0.303 e. The van der Waals surface area contributed by atoms with Crippen molar-refractivity contribution in [2.75, 3.05) is 19.6 Å². The average molecular weight is 314 g/mol.